The molecule has 6 nitrogen and oxygen atoms in total. The van der Waals surface area contributed by atoms with Crippen molar-refractivity contribution < 1.29 is 22.3 Å². The van der Waals surface area contributed by atoms with E-state index in [1.807, 2.05) is 31.2 Å². The summed E-state index contributed by atoms with van der Waals surface area (Å²) in [6.45, 7) is 1.85. The summed E-state index contributed by atoms with van der Waals surface area (Å²) >= 11 is 0. The van der Waals surface area contributed by atoms with Gasteiger partial charge in [-0.1, -0.05) is 29.8 Å². The van der Waals surface area contributed by atoms with E-state index in [2.05, 4.69) is 5.32 Å². The molecule has 0 saturated carbocycles. The number of nitrogens with one attached hydrogen (secondary N) is 1. The number of halogens is 1. The molecule has 0 heterocycles. The predicted octanol–water partition coefficient (Wildman–Crippen LogP) is 4.12. The van der Waals surface area contributed by atoms with E-state index >= 15 is 0 Å². The second-order valence-corrected chi connectivity index (χ2v) is 9.00. The van der Waals surface area contributed by atoms with E-state index in [0.717, 1.165) is 11.8 Å². The van der Waals surface area contributed by atoms with Gasteiger partial charge in [0, 0.05) is 5.69 Å². The zero-order chi connectivity index (χ0) is 22.4. The van der Waals surface area contributed by atoms with E-state index in [0.29, 0.717) is 22.7 Å². The van der Waals surface area contributed by atoms with E-state index < -0.39 is 10.0 Å². The zero-order valence-electron chi connectivity index (χ0n) is 17.2. The molecule has 0 fully saturated rings. The lowest BCUT2D eigenvalue weighted by molar-refractivity contribution is -0.118. The van der Waals surface area contributed by atoms with Crippen LogP contribution in [0.5, 0.6) is 5.75 Å². The van der Waals surface area contributed by atoms with Crippen molar-refractivity contribution in [3.05, 3.63) is 89.7 Å². The molecule has 1 amide bonds. The van der Waals surface area contributed by atoms with Crippen LogP contribution in [0, 0.1) is 12.7 Å². The normalized spacial score (nSPS) is 11.1. The van der Waals surface area contributed by atoms with E-state index in [9.17, 15) is 17.6 Å². The number of hydrogen-bond acceptors (Lipinski definition) is 4. The van der Waals surface area contributed by atoms with Crippen molar-refractivity contribution in [1.82, 2.24) is 0 Å². The fourth-order valence-corrected chi connectivity index (χ4v) is 3.74. The van der Waals surface area contributed by atoms with E-state index in [1.54, 1.807) is 24.3 Å². The van der Waals surface area contributed by atoms with Gasteiger partial charge in [-0.15, -0.1) is 0 Å². The Hall–Kier alpha value is -3.39. The number of aryl methyl sites for hydroxylation is 1. The van der Waals surface area contributed by atoms with Gasteiger partial charge in [-0.3, -0.25) is 9.10 Å². The number of carbonyl (C=O) groups excluding carboxylic acids is 1. The van der Waals surface area contributed by atoms with Crippen molar-refractivity contribution in [1.29, 1.82) is 0 Å². The molecule has 8 heteroatoms. The molecule has 0 unspecified atom stereocenters. The number of carbonyl (C=O) groups is 1. The van der Waals surface area contributed by atoms with Gasteiger partial charge in [0.05, 0.1) is 18.5 Å². The zero-order valence-corrected chi connectivity index (χ0v) is 18.0. The topological polar surface area (TPSA) is 75.7 Å². The number of anilines is 2. The third-order valence-electron chi connectivity index (χ3n) is 4.47. The van der Waals surface area contributed by atoms with Gasteiger partial charge in [0.1, 0.15) is 11.6 Å². The van der Waals surface area contributed by atoms with Crippen molar-refractivity contribution in [3.63, 3.8) is 0 Å². The lowest BCUT2D eigenvalue weighted by Gasteiger charge is -2.22. The van der Waals surface area contributed by atoms with Gasteiger partial charge < -0.3 is 10.1 Å². The largest absolute Gasteiger partial charge is 0.484 e. The number of hydrogen-bond donors (Lipinski definition) is 1. The second kappa shape index (κ2) is 9.61. The van der Waals surface area contributed by atoms with Gasteiger partial charge >= 0.3 is 0 Å². The van der Waals surface area contributed by atoms with Crippen LogP contribution in [0.1, 0.15) is 11.1 Å². The van der Waals surface area contributed by atoms with Crippen molar-refractivity contribution in [2.45, 2.75) is 13.5 Å². The highest BCUT2D eigenvalue weighted by Gasteiger charge is 2.18. The molecule has 0 aromatic heterocycles. The minimum atomic E-state index is -3.57. The fourth-order valence-electron chi connectivity index (χ4n) is 2.85. The maximum atomic E-state index is 13.1. The van der Waals surface area contributed by atoms with Crippen LogP contribution in [0.3, 0.4) is 0 Å². The Morgan fingerprint density at radius 1 is 0.968 bits per heavy atom. The standard InChI is InChI=1S/C23H23FN2O4S/c1-17-3-9-20(10-4-17)25-23(27)16-30-22-13-11-21(12-14-22)26(31(2,28)29)15-18-5-7-19(24)8-6-18/h3-14H,15-16H2,1-2H3,(H,25,27). The highest BCUT2D eigenvalue weighted by atomic mass is 32.2. The SMILES string of the molecule is Cc1ccc(NC(=O)COc2ccc(N(Cc3ccc(F)cc3)S(C)(=O)=O)cc2)cc1. The molecule has 0 aliphatic carbocycles. The van der Waals surface area contributed by atoms with Crippen LogP contribution >= 0.6 is 0 Å². The Kier molecular flexibility index (Phi) is 6.91. The summed E-state index contributed by atoms with van der Waals surface area (Å²) in [5.41, 5.74) is 2.86. The molecule has 0 saturated heterocycles. The fraction of sp³-hybridized carbons (Fsp3) is 0.174. The Morgan fingerprint density at radius 3 is 2.16 bits per heavy atom. The van der Waals surface area contributed by atoms with Crippen LogP contribution in [0.4, 0.5) is 15.8 Å². The summed E-state index contributed by atoms with van der Waals surface area (Å²) in [6, 6.07) is 19.4. The van der Waals surface area contributed by atoms with Crippen LogP contribution in [0.2, 0.25) is 0 Å². The van der Waals surface area contributed by atoms with E-state index in [4.69, 9.17) is 4.74 Å². The van der Waals surface area contributed by atoms with Crippen molar-refractivity contribution in [2.24, 2.45) is 0 Å². The Bertz CT molecular complexity index is 1130. The van der Waals surface area contributed by atoms with Crippen LogP contribution in [0.15, 0.2) is 72.8 Å². The molecule has 0 atom stereocenters. The monoisotopic (exact) mass is 442 g/mol. The second-order valence-electron chi connectivity index (χ2n) is 7.09. The molecule has 3 aromatic rings. The number of ether oxygens (including phenoxy) is 1. The first kappa shape index (κ1) is 22.3. The highest BCUT2D eigenvalue weighted by molar-refractivity contribution is 7.92. The highest BCUT2D eigenvalue weighted by Crippen LogP contribution is 2.24. The number of amides is 1. The molecular formula is C23H23FN2O4S. The molecule has 31 heavy (non-hydrogen) atoms. The number of rotatable bonds is 8. The summed E-state index contributed by atoms with van der Waals surface area (Å²) in [7, 11) is -3.57. The molecular weight excluding hydrogens is 419 g/mol. The smallest absolute Gasteiger partial charge is 0.262 e. The third-order valence-corrected chi connectivity index (χ3v) is 5.61. The molecule has 0 spiro atoms. The Balaban J connectivity index is 1.63. The first-order valence-corrected chi connectivity index (χ1v) is 11.4. The molecule has 0 bridgehead atoms. The van der Waals surface area contributed by atoms with Crippen molar-refractivity contribution in [3.8, 4) is 5.75 Å². The molecule has 1 N–H and O–H groups in total. The van der Waals surface area contributed by atoms with Gasteiger partial charge in [0.25, 0.3) is 5.91 Å². The summed E-state index contributed by atoms with van der Waals surface area (Å²) in [6.07, 6.45) is 1.11. The lowest BCUT2D eigenvalue weighted by Crippen LogP contribution is -2.29. The third kappa shape index (κ3) is 6.55. The average molecular weight is 443 g/mol. The predicted molar refractivity (Wildman–Crippen MR) is 119 cm³/mol. The number of nitrogens with zero attached hydrogens (tertiary/aromatic N) is 1. The van der Waals surface area contributed by atoms with E-state index in [1.165, 1.54) is 28.6 Å². The summed E-state index contributed by atoms with van der Waals surface area (Å²) in [5.74, 6) is -0.261. The summed E-state index contributed by atoms with van der Waals surface area (Å²) < 4.78 is 44.4. The minimum Gasteiger partial charge on any atom is -0.484 e. The van der Waals surface area contributed by atoms with Crippen LogP contribution in [0.25, 0.3) is 0 Å². The summed E-state index contributed by atoms with van der Waals surface area (Å²) in [4.78, 5) is 12.1. The number of sulfonamides is 1. The molecule has 0 aliphatic heterocycles. The first-order valence-electron chi connectivity index (χ1n) is 9.52. The minimum absolute atomic E-state index is 0.0677. The van der Waals surface area contributed by atoms with Gasteiger partial charge in [-0.25, -0.2) is 12.8 Å². The van der Waals surface area contributed by atoms with Gasteiger partial charge in [0.2, 0.25) is 10.0 Å². The van der Waals surface area contributed by atoms with E-state index in [-0.39, 0.29) is 24.9 Å². The maximum absolute atomic E-state index is 13.1. The van der Waals surface area contributed by atoms with Gasteiger partial charge in [-0.05, 0) is 61.0 Å². The molecule has 0 radical (unpaired) electrons. The Morgan fingerprint density at radius 2 is 1.58 bits per heavy atom. The van der Waals surface area contributed by atoms with Gasteiger partial charge in [-0.2, -0.15) is 0 Å². The molecule has 3 rings (SSSR count). The summed E-state index contributed by atoms with van der Waals surface area (Å²) in [5, 5.41) is 2.74. The first-order chi connectivity index (χ1) is 14.7. The van der Waals surface area contributed by atoms with Gasteiger partial charge in [0.15, 0.2) is 6.61 Å². The molecule has 0 aliphatic rings. The number of benzene rings is 3. The van der Waals surface area contributed by atoms with Crippen LogP contribution in [-0.4, -0.2) is 27.2 Å². The lowest BCUT2D eigenvalue weighted by atomic mass is 10.2. The van der Waals surface area contributed by atoms with Crippen molar-refractivity contribution >= 4 is 27.3 Å². The maximum Gasteiger partial charge on any atom is 0.262 e. The van der Waals surface area contributed by atoms with Crippen molar-refractivity contribution in [2.75, 3.05) is 22.5 Å². The molecule has 162 valence electrons. The Labute approximate surface area is 181 Å². The quantitative estimate of drug-likeness (QED) is 0.570. The molecule has 3 aromatic carbocycles. The van der Waals surface area contributed by atoms with Crippen LogP contribution in [-0.2, 0) is 21.4 Å². The van der Waals surface area contributed by atoms with Crippen LogP contribution < -0.4 is 14.4 Å². The average Bonchev–Trinajstić information content (AvgIpc) is 2.73.